The average Bonchev–Trinajstić information content (AvgIpc) is 2.68. The number of carboxylic acid groups (broad SMARTS) is 1. The third-order valence-corrected chi connectivity index (χ3v) is 4.77. The van der Waals surface area contributed by atoms with E-state index in [2.05, 4.69) is 17.3 Å². The van der Waals surface area contributed by atoms with Gasteiger partial charge in [-0.25, -0.2) is 0 Å². The number of hydrogen-bond acceptors (Lipinski definition) is 3. The number of aliphatic carboxylic acids is 1. The monoisotopic (exact) mass is 240 g/mol. The maximum Gasteiger partial charge on any atom is 0.323 e. The van der Waals surface area contributed by atoms with Crippen LogP contribution in [0.2, 0.25) is 0 Å². The van der Waals surface area contributed by atoms with E-state index in [1.807, 2.05) is 0 Å². The lowest BCUT2D eigenvalue weighted by Gasteiger charge is -2.34. The van der Waals surface area contributed by atoms with Crippen LogP contribution in [0.4, 0.5) is 0 Å². The van der Waals surface area contributed by atoms with E-state index >= 15 is 0 Å². The van der Waals surface area contributed by atoms with E-state index in [1.165, 1.54) is 19.3 Å². The Labute approximate surface area is 103 Å². The number of nitrogens with one attached hydrogen (secondary N) is 1. The molecule has 0 radical (unpaired) electrons. The molecule has 0 aromatic rings. The minimum Gasteiger partial charge on any atom is -0.480 e. The van der Waals surface area contributed by atoms with Crippen molar-refractivity contribution in [3.8, 4) is 0 Å². The molecule has 0 aliphatic heterocycles. The van der Waals surface area contributed by atoms with Crippen molar-refractivity contribution in [2.45, 2.75) is 50.1 Å². The molecule has 4 nitrogen and oxygen atoms in total. The van der Waals surface area contributed by atoms with E-state index in [9.17, 15) is 9.90 Å². The van der Waals surface area contributed by atoms with Crippen LogP contribution >= 0.6 is 0 Å². The molecular weight excluding hydrogens is 216 g/mol. The molecule has 17 heavy (non-hydrogen) atoms. The zero-order chi connectivity index (χ0) is 12.5. The fraction of sp³-hybridized carbons (Fsp3) is 0.923. The lowest BCUT2D eigenvalue weighted by atomic mass is 9.85. The summed E-state index contributed by atoms with van der Waals surface area (Å²) in [6, 6.07) is 0.430. The topological polar surface area (TPSA) is 52.6 Å². The number of likely N-dealkylation sites (N-methyl/N-ethyl adjacent to an activating group) is 1. The Morgan fingerprint density at radius 3 is 2.59 bits per heavy atom. The Balaban J connectivity index is 1.89. The van der Waals surface area contributed by atoms with E-state index in [1.54, 1.807) is 7.05 Å². The van der Waals surface area contributed by atoms with Gasteiger partial charge in [-0.2, -0.15) is 0 Å². The van der Waals surface area contributed by atoms with Gasteiger partial charge in [0.2, 0.25) is 0 Å². The Hall–Kier alpha value is -0.610. The molecule has 2 saturated carbocycles. The zero-order valence-corrected chi connectivity index (χ0v) is 10.9. The maximum atomic E-state index is 11.3. The van der Waals surface area contributed by atoms with Crippen molar-refractivity contribution in [1.29, 1.82) is 0 Å². The van der Waals surface area contributed by atoms with Crippen molar-refractivity contribution in [2.75, 3.05) is 20.6 Å². The van der Waals surface area contributed by atoms with Crippen LogP contribution in [-0.4, -0.2) is 48.2 Å². The third-order valence-electron chi connectivity index (χ3n) is 4.77. The lowest BCUT2D eigenvalue weighted by Crippen LogP contribution is -2.49. The smallest absolute Gasteiger partial charge is 0.323 e. The standard InChI is InChI=1S/C13H24N2O2/c1-14-13(12(16)17)7-6-11(8-13)15(2)9-10-4-3-5-10/h10-11,14H,3-9H2,1-2H3,(H,16,17). The summed E-state index contributed by atoms with van der Waals surface area (Å²) < 4.78 is 0. The molecule has 2 N–H and O–H groups in total. The minimum absolute atomic E-state index is 0.430. The van der Waals surface area contributed by atoms with Gasteiger partial charge in [0, 0.05) is 12.6 Å². The first-order valence-electron chi connectivity index (χ1n) is 6.70. The van der Waals surface area contributed by atoms with Gasteiger partial charge in [-0.1, -0.05) is 6.42 Å². The van der Waals surface area contributed by atoms with Crippen molar-refractivity contribution < 1.29 is 9.90 Å². The fourth-order valence-electron chi connectivity index (χ4n) is 3.16. The largest absolute Gasteiger partial charge is 0.480 e. The second kappa shape index (κ2) is 4.94. The summed E-state index contributed by atoms with van der Waals surface area (Å²) >= 11 is 0. The summed E-state index contributed by atoms with van der Waals surface area (Å²) in [6.07, 6.45) is 6.57. The molecule has 0 aromatic heterocycles. The molecule has 98 valence electrons. The molecule has 0 aromatic carbocycles. The normalized spacial score (nSPS) is 33.9. The minimum atomic E-state index is -0.695. The average molecular weight is 240 g/mol. The van der Waals surface area contributed by atoms with Crippen LogP contribution in [0, 0.1) is 5.92 Å². The molecule has 2 atom stereocenters. The van der Waals surface area contributed by atoms with E-state index in [0.29, 0.717) is 6.04 Å². The van der Waals surface area contributed by atoms with Gasteiger partial charge in [-0.3, -0.25) is 4.79 Å². The number of hydrogen-bond donors (Lipinski definition) is 2. The van der Waals surface area contributed by atoms with Crippen molar-refractivity contribution in [3.63, 3.8) is 0 Å². The second-order valence-electron chi connectivity index (χ2n) is 5.77. The van der Waals surface area contributed by atoms with Gasteiger partial charge in [0.15, 0.2) is 0 Å². The number of nitrogens with zero attached hydrogens (tertiary/aromatic N) is 1. The summed E-state index contributed by atoms with van der Waals surface area (Å²) in [6.45, 7) is 1.14. The van der Waals surface area contributed by atoms with Crippen LogP contribution in [-0.2, 0) is 4.79 Å². The SMILES string of the molecule is CNC1(C(=O)O)CCC(N(C)CC2CCC2)C1. The molecule has 2 rings (SSSR count). The molecule has 2 aliphatic rings. The molecule has 0 spiro atoms. The fourth-order valence-corrected chi connectivity index (χ4v) is 3.16. The molecule has 0 heterocycles. The Morgan fingerprint density at radius 2 is 2.18 bits per heavy atom. The molecule has 2 fully saturated rings. The molecule has 2 aliphatic carbocycles. The molecular formula is C13H24N2O2. The Kier molecular flexibility index (Phi) is 3.73. The number of rotatable bonds is 5. The predicted octanol–water partition coefficient (Wildman–Crippen LogP) is 1.31. The van der Waals surface area contributed by atoms with Gasteiger partial charge < -0.3 is 15.3 Å². The molecule has 0 saturated heterocycles. The van der Waals surface area contributed by atoms with Crippen LogP contribution in [0.1, 0.15) is 38.5 Å². The van der Waals surface area contributed by atoms with Crippen molar-refractivity contribution in [1.82, 2.24) is 10.2 Å². The molecule has 0 amide bonds. The summed E-state index contributed by atoms with van der Waals surface area (Å²) in [5.41, 5.74) is -0.682. The van der Waals surface area contributed by atoms with E-state index in [4.69, 9.17) is 0 Å². The van der Waals surface area contributed by atoms with Gasteiger partial charge in [-0.15, -0.1) is 0 Å². The first-order valence-corrected chi connectivity index (χ1v) is 6.70. The van der Waals surface area contributed by atoms with Crippen LogP contribution in [0.25, 0.3) is 0 Å². The van der Waals surface area contributed by atoms with Crippen molar-refractivity contribution in [2.24, 2.45) is 5.92 Å². The van der Waals surface area contributed by atoms with Gasteiger partial charge in [-0.05, 0) is 52.1 Å². The highest BCUT2D eigenvalue weighted by Crippen LogP contribution is 2.34. The predicted molar refractivity (Wildman–Crippen MR) is 67.0 cm³/mol. The van der Waals surface area contributed by atoms with Crippen molar-refractivity contribution in [3.05, 3.63) is 0 Å². The van der Waals surface area contributed by atoms with Gasteiger partial charge in [0.05, 0.1) is 0 Å². The molecule has 2 unspecified atom stereocenters. The van der Waals surface area contributed by atoms with Crippen LogP contribution < -0.4 is 5.32 Å². The second-order valence-corrected chi connectivity index (χ2v) is 5.77. The van der Waals surface area contributed by atoms with Crippen molar-refractivity contribution >= 4 is 5.97 Å². The third kappa shape index (κ3) is 2.47. The summed E-state index contributed by atoms with van der Waals surface area (Å²) in [5.74, 6) is 0.161. The quantitative estimate of drug-likeness (QED) is 0.761. The zero-order valence-electron chi connectivity index (χ0n) is 10.9. The lowest BCUT2D eigenvalue weighted by molar-refractivity contribution is -0.144. The van der Waals surface area contributed by atoms with E-state index in [0.717, 1.165) is 31.7 Å². The van der Waals surface area contributed by atoms with Gasteiger partial charge in [0.1, 0.15) is 5.54 Å². The molecule has 0 bridgehead atoms. The van der Waals surface area contributed by atoms with Gasteiger partial charge in [0.25, 0.3) is 0 Å². The summed E-state index contributed by atoms with van der Waals surface area (Å²) in [7, 11) is 3.92. The van der Waals surface area contributed by atoms with Crippen LogP contribution in [0.3, 0.4) is 0 Å². The first kappa shape index (κ1) is 12.8. The maximum absolute atomic E-state index is 11.3. The number of carboxylic acids is 1. The Morgan fingerprint density at radius 1 is 1.47 bits per heavy atom. The summed E-state index contributed by atoms with van der Waals surface area (Å²) in [5, 5.41) is 12.3. The first-order chi connectivity index (χ1) is 8.07. The van der Waals surface area contributed by atoms with E-state index < -0.39 is 11.5 Å². The summed E-state index contributed by atoms with van der Waals surface area (Å²) in [4.78, 5) is 13.7. The van der Waals surface area contributed by atoms with Crippen LogP contribution in [0.15, 0.2) is 0 Å². The Bertz CT molecular complexity index is 291. The molecule has 4 heteroatoms. The highest BCUT2D eigenvalue weighted by Gasteiger charge is 2.45. The highest BCUT2D eigenvalue weighted by molar-refractivity contribution is 5.79. The highest BCUT2D eigenvalue weighted by atomic mass is 16.4. The van der Waals surface area contributed by atoms with Crippen LogP contribution in [0.5, 0.6) is 0 Å². The number of carbonyl (C=O) groups is 1. The van der Waals surface area contributed by atoms with Gasteiger partial charge >= 0.3 is 5.97 Å². The van der Waals surface area contributed by atoms with E-state index in [-0.39, 0.29) is 0 Å².